The molecule has 34 heavy (non-hydrogen) atoms. The van der Waals surface area contributed by atoms with E-state index in [0.717, 1.165) is 12.8 Å². The molecule has 174 valence electrons. The number of para-hydroxylation sites is 1. The Hall–Kier alpha value is -2.85. The number of benzene rings is 3. The first-order chi connectivity index (χ1) is 16.4. The highest BCUT2D eigenvalue weighted by Crippen LogP contribution is 2.33. The lowest BCUT2D eigenvalue weighted by Gasteiger charge is -2.28. The Bertz CT molecular complexity index is 1460. The summed E-state index contributed by atoms with van der Waals surface area (Å²) in [5.41, 5.74) is 4.03. The summed E-state index contributed by atoms with van der Waals surface area (Å²) in [7, 11) is -4.00. The van der Waals surface area contributed by atoms with Crippen molar-refractivity contribution in [3.63, 3.8) is 0 Å². The quantitative estimate of drug-likeness (QED) is 0.384. The van der Waals surface area contributed by atoms with Gasteiger partial charge in [-0.1, -0.05) is 52.3 Å². The summed E-state index contributed by atoms with van der Waals surface area (Å²) in [4.78, 5) is 10.4. The first-order valence-corrected chi connectivity index (χ1v) is 13.2. The second-order valence-electron chi connectivity index (χ2n) is 8.23. The van der Waals surface area contributed by atoms with Crippen molar-refractivity contribution in [2.45, 2.75) is 30.5 Å². The Morgan fingerprint density at radius 1 is 1.00 bits per heavy atom. The van der Waals surface area contributed by atoms with Gasteiger partial charge in [-0.15, -0.1) is 0 Å². The van der Waals surface area contributed by atoms with Crippen molar-refractivity contribution >= 4 is 42.7 Å². The van der Waals surface area contributed by atoms with Gasteiger partial charge in [-0.2, -0.15) is 0 Å². The maximum Gasteiger partial charge on any atom is 0.264 e. The van der Waals surface area contributed by atoms with Crippen LogP contribution in [0, 0.1) is 0 Å². The Labute approximate surface area is 206 Å². The summed E-state index contributed by atoms with van der Waals surface area (Å²) in [5, 5.41) is 11.4. The van der Waals surface area contributed by atoms with E-state index in [9.17, 15) is 13.5 Å². The molecule has 0 saturated carbocycles. The number of fused-ring (bicyclic) bond motifs is 2. The van der Waals surface area contributed by atoms with Gasteiger partial charge in [0.15, 0.2) is 0 Å². The number of aromatic nitrogens is 2. The number of anilines is 1. The minimum Gasteiger partial charge on any atom is -0.374 e. The standard InChI is InChI=1S/C25H23BrN4O3S/c26-19-10-11-20(25(31)30-14-4-7-17-5-1-2-6-18(17)16-30)22(15-19)29-34(32,33)23-9-3-8-21-24(23)28-13-12-27-21/h1-3,5-6,8-13,15,25,29,31H,4,7,14,16H2. The minimum absolute atomic E-state index is 0.0298. The Morgan fingerprint density at radius 2 is 1.79 bits per heavy atom. The van der Waals surface area contributed by atoms with Gasteiger partial charge >= 0.3 is 0 Å². The molecule has 0 radical (unpaired) electrons. The molecule has 0 fully saturated rings. The fourth-order valence-corrected chi connectivity index (χ4v) is 5.96. The average molecular weight is 539 g/mol. The molecular weight excluding hydrogens is 516 g/mol. The van der Waals surface area contributed by atoms with E-state index >= 15 is 0 Å². The number of aryl methyl sites for hydroxylation is 1. The van der Waals surface area contributed by atoms with Crippen LogP contribution >= 0.6 is 15.9 Å². The van der Waals surface area contributed by atoms with Crippen LogP contribution in [0.2, 0.25) is 0 Å². The van der Waals surface area contributed by atoms with Crippen LogP contribution in [0.4, 0.5) is 5.69 Å². The molecule has 3 aromatic carbocycles. The molecule has 4 aromatic rings. The molecule has 2 heterocycles. The molecule has 0 spiro atoms. The topological polar surface area (TPSA) is 95.4 Å². The third-order valence-electron chi connectivity index (χ3n) is 6.02. The smallest absolute Gasteiger partial charge is 0.264 e. The number of nitrogens with one attached hydrogen (secondary N) is 1. The zero-order chi connectivity index (χ0) is 23.7. The molecule has 1 unspecified atom stereocenters. The van der Waals surface area contributed by atoms with Crippen LogP contribution in [0.3, 0.4) is 0 Å². The third-order valence-corrected chi connectivity index (χ3v) is 7.91. The van der Waals surface area contributed by atoms with Crippen LogP contribution in [0.5, 0.6) is 0 Å². The van der Waals surface area contributed by atoms with Crippen LogP contribution in [-0.2, 0) is 23.0 Å². The average Bonchev–Trinajstić information content (AvgIpc) is 3.06. The third kappa shape index (κ3) is 4.56. The summed E-state index contributed by atoms with van der Waals surface area (Å²) in [5.74, 6) is 0. The highest BCUT2D eigenvalue weighted by Gasteiger charge is 2.26. The second kappa shape index (κ2) is 9.42. The minimum atomic E-state index is -4.00. The number of halogens is 1. The van der Waals surface area contributed by atoms with Crippen molar-refractivity contribution in [1.82, 2.24) is 14.9 Å². The van der Waals surface area contributed by atoms with Crippen LogP contribution in [-0.4, -0.2) is 34.9 Å². The number of nitrogens with zero attached hydrogens (tertiary/aromatic N) is 3. The van der Waals surface area contributed by atoms with E-state index < -0.39 is 16.3 Å². The largest absolute Gasteiger partial charge is 0.374 e. The van der Waals surface area contributed by atoms with E-state index in [1.807, 2.05) is 17.0 Å². The van der Waals surface area contributed by atoms with Crippen LogP contribution in [0.15, 0.2) is 82.4 Å². The number of aliphatic hydroxyl groups is 1. The highest BCUT2D eigenvalue weighted by atomic mass is 79.9. The second-order valence-corrected chi connectivity index (χ2v) is 10.8. The van der Waals surface area contributed by atoms with Gasteiger partial charge in [-0.25, -0.2) is 8.42 Å². The van der Waals surface area contributed by atoms with E-state index in [1.165, 1.54) is 29.6 Å². The molecule has 1 aromatic heterocycles. The summed E-state index contributed by atoms with van der Waals surface area (Å²) in [6.07, 6.45) is 3.85. The Balaban J connectivity index is 1.50. The number of aliphatic hydroxyl groups excluding tert-OH is 1. The van der Waals surface area contributed by atoms with Crippen molar-refractivity contribution in [2.75, 3.05) is 11.3 Å². The van der Waals surface area contributed by atoms with E-state index in [0.29, 0.717) is 39.8 Å². The zero-order valence-electron chi connectivity index (χ0n) is 18.2. The van der Waals surface area contributed by atoms with Gasteiger partial charge in [0.1, 0.15) is 16.6 Å². The van der Waals surface area contributed by atoms with Crippen molar-refractivity contribution in [3.05, 3.63) is 94.2 Å². The number of hydrogen-bond acceptors (Lipinski definition) is 6. The normalized spacial score (nSPS) is 15.5. The number of sulfonamides is 1. The van der Waals surface area contributed by atoms with E-state index in [-0.39, 0.29) is 4.90 Å². The predicted molar refractivity (Wildman–Crippen MR) is 135 cm³/mol. The number of rotatable bonds is 5. The van der Waals surface area contributed by atoms with Gasteiger partial charge in [0, 0.05) is 35.5 Å². The van der Waals surface area contributed by atoms with Crippen LogP contribution < -0.4 is 4.72 Å². The van der Waals surface area contributed by atoms with Gasteiger partial charge in [0.2, 0.25) is 0 Å². The molecular formula is C25H23BrN4O3S. The predicted octanol–water partition coefficient (Wildman–Crippen LogP) is 4.63. The lowest BCUT2D eigenvalue weighted by Crippen LogP contribution is -2.29. The first-order valence-electron chi connectivity index (χ1n) is 10.9. The molecule has 1 aliphatic heterocycles. The molecule has 2 N–H and O–H groups in total. The zero-order valence-corrected chi connectivity index (χ0v) is 20.6. The molecule has 0 saturated heterocycles. The van der Waals surface area contributed by atoms with Crippen LogP contribution in [0.25, 0.3) is 11.0 Å². The first kappa shape index (κ1) is 22.9. The van der Waals surface area contributed by atoms with Crippen molar-refractivity contribution in [1.29, 1.82) is 0 Å². The van der Waals surface area contributed by atoms with E-state index in [1.54, 1.807) is 30.3 Å². The molecule has 9 heteroatoms. The Morgan fingerprint density at radius 3 is 2.65 bits per heavy atom. The van der Waals surface area contributed by atoms with E-state index in [4.69, 9.17) is 0 Å². The van der Waals surface area contributed by atoms with Gasteiger partial charge in [0.05, 0.1) is 11.2 Å². The van der Waals surface area contributed by atoms with Gasteiger partial charge in [0.25, 0.3) is 10.0 Å². The fourth-order valence-electron chi connectivity index (χ4n) is 4.36. The van der Waals surface area contributed by atoms with Gasteiger partial charge in [-0.3, -0.25) is 19.6 Å². The SMILES string of the molecule is O=S(=O)(Nc1cc(Br)ccc1C(O)N1CCCc2ccccc2C1)c1cccc2nccnc12. The maximum absolute atomic E-state index is 13.4. The lowest BCUT2D eigenvalue weighted by molar-refractivity contribution is -0.00279. The molecule has 7 nitrogen and oxygen atoms in total. The highest BCUT2D eigenvalue weighted by molar-refractivity contribution is 9.10. The number of hydrogen-bond donors (Lipinski definition) is 2. The van der Waals surface area contributed by atoms with Crippen molar-refractivity contribution < 1.29 is 13.5 Å². The Kier molecular flexibility index (Phi) is 6.35. The summed E-state index contributed by atoms with van der Waals surface area (Å²) < 4.78 is 30.2. The molecule has 1 atom stereocenters. The monoisotopic (exact) mass is 538 g/mol. The van der Waals surface area contributed by atoms with E-state index in [2.05, 4.69) is 42.8 Å². The molecule has 1 aliphatic rings. The lowest BCUT2D eigenvalue weighted by atomic mass is 10.0. The van der Waals surface area contributed by atoms with Crippen molar-refractivity contribution in [3.8, 4) is 0 Å². The van der Waals surface area contributed by atoms with Crippen molar-refractivity contribution in [2.24, 2.45) is 0 Å². The fraction of sp³-hybridized carbons (Fsp3) is 0.200. The maximum atomic E-state index is 13.4. The van der Waals surface area contributed by atoms with Gasteiger partial charge < -0.3 is 5.11 Å². The summed E-state index contributed by atoms with van der Waals surface area (Å²) in [6, 6.07) is 18.3. The molecule has 0 bridgehead atoms. The van der Waals surface area contributed by atoms with Gasteiger partial charge in [-0.05, 0) is 48.2 Å². The molecule has 0 amide bonds. The summed E-state index contributed by atoms with van der Waals surface area (Å²) >= 11 is 3.43. The summed E-state index contributed by atoms with van der Waals surface area (Å²) in [6.45, 7) is 1.27. The van der Waals surface area contributed by atoms with Crippen LogP contribution in [0.1, 0.15) is 29.3 Å². The molecule has 0 aliphatic carbocycles. The molecule has 5 rings (SSSR count).